The van der Waals surface area contributed by atoms with Crippen LogP contribution in [0.25, 0.3) is 64.3 Å². The van der Waals surface area contributed by atoms with Gasteiger partial charge in [0.2, 0.25) is 0 Å². The van der Waals surface area contributed by atoms with Crippen LogP contribution in [0.3, 0.4) is 0 Å². The van der Waals surface area contributed by atoms with Crippen LogP contribution in [0.1, 0.15) is 101 Å². The van der Waals surface area contributed by atoms with Gasteiger partial charge in [-0.15, -0.1) is 22.7 Å². The summed E-state index contributed by atoms with van der Waals surface area (Å²) >= 11 is 3.25. The SMILES string of the molecule is CCCCc1c(CCCC)c2c(=O)n3c([nH]c4ccsc43)c3c(CCCC)c(CCCC)c4c(c1c(=O)n1c4[nH]c4ccsc41)c23. The van der Waals surface area contributed by atoms with Crippen LogP contribution in [0.15, 0.2) is 32.5 Å². The first-order valence-electron chi connectivity index (χ1n) is 17.4. The smallest absolute Gasteiger partial charge is 0.265 e. The van der Waals surface area contributed by atoms with Gasteiger partial charge in [0, 0.05) is 21.5 Å². The zero-order valence-corrected chi connectivity index (χ0v) is 29.0. The van der Waals surface area contributed by atoms with Crippen molar-refractivity contribution >= 4 is 87.0 Å². The molecule has 2 N–H and O–H groups in total. The van der Waals surface area contributed by atoms with E-state index < -0.39 is 0 Å². The number of fused-ring (bicyclic) bond motifs is 8. The van der Waals surface area contributed by atoms with E-state index in [0.29, 0.717) is 0 Å². The number of hydrogen-bond donors (Lipinski definition) is 2. The minimum atomic E-state index is 0.0543. The molecular weight excluding hydrogens is 609 g/mol. The summed E-state index contributed by atoms with van der Waals surface area (Å²) in [7, 11) is 0. The first-order chi connectivity index (χ1) is 22.5. The second-order valence-corrected chi connectivity index (χ2v) is 14.9. The number of nitrogens with zero attached hydrogens (tertiary/aromatic N) is 2. The third-order valence-corrected chi connectivity index (χ3v) is 12.1. The highest BCUT2D eigenvalue weighted by atomic mass is 32.1. The predicted octanol–water partition coefficient (Wildman–Crippen LogP) is 10.3. The maximum atomic E-state index is 15.1. The van der Waals surface area contributed by atoms with Crippen LogP contribution < -0.4 is 11.1 Å². The van der Waals surface area contributed by atoms with Crippen LogP contribution in [0.4, 0.5) is 0 Å². The summed E-state index contributed by atoms with van der Waals surface area (Å²) in [5.74, 6) is 0. The Labute approximate surface area is 275 Å². The Hall–Kier alpha value is -3.62. The van der Waals surface area contributed by atoms with Gasteiger partial charge in [0.1, 0.15) is 21.0 Å². The minimum Gasteiger partial charge on any atom is -0.338 e. The fourth-order valence-corrected chi connectivity index (χ4v) is 9.86. The summed E-state index contributed by atoms with van der Waals surface area (Å²) in [6.07, 6.45) is 11.8. The maximum absolute atomic E-state index is 15.1. The average Bonchev–Trinajstić information content (AvgIpc) is 3.84. The molecule has 2 aromatic carbocycles. The molecule has 6 aromatic heterocycles. The summed E-state index contributed by atoms with van der Waals surface area (Å²) in [4.78, 5) is 39.5. The van der Waals surface area contributed by atoms with E-state index in [1.54, 1.807) is 22.7 Å². The summed E-state index contributed by atoms with van der Waals surface area (Å²) in [6.45, 7) is 8.94. The first kappa shape index (κ1) is 29.8. The fraction of sp³-hybridized carbons (Fsp3) is 0.421. The number of aromatic nitrogens is 4. The molecule has 8 aromatic rings. The van der Waals surface area contributed by atoms with E-state index in [4.69, 9.17) is 0 Å². The molecule has 0 aliphatic carbocycles. The summed E-state index contributed by atoms with van der Waals surface area (Å²) in [5.41, 5.74) is 8.81. The van der Waals surface area contributed by atoms with Crippen molar-refractivity contribution in [2.24, 2.45) is 0 Å². The molecule has 0 fully saturated rings. The molecule has 0 aliphatic rings. The van der Waals surface area contributed by atoms with Gasteiger partial charge in [-0.2, -0.15) is 0 Å². The maximum Gasteiger partial charge on any atom is 0.265 e. The lowest BCUT2D eigenvalue weighted by molar-refractivity contribution is 0.763. The topological polar surface area (TPSA) is 74.5 Å². The number of hydrogen-bond acceptors (Lipinski definition) is 4. The Kier molecular flexibility index (Phi) is 7.48. The molecular formula is C38H42N4O2S2. The lowest BCUT2D eigenvalue weighted by Gasteiger charge is -2.25. The highest BCUT2D eigenvalue weighted by Gasteiger charge is 2.31. The summed E-state index contributed by atoms with van der Waals surface area (Å²) in [5, 5.41) is 10.2. The molecule has 0 amide bonds. The molecule has 6 heterocycles. The Morgan fingerprint density at radius 3 is 1.22 bits per heavy atom. The van der Waals surface area contributed by atoms with E-state index >= 15 is 9.59 Å². The molecule has 0 bridgehead atoms. The summed E-state index contributed by atoms with van der Waals surface area (Å²) < 4.78 is 3.96. The van der Waals surface area contributed by atoms with E-state index in [1.807, 2.05) is 8.80 Å². The third-order valence-electron chi connectivity index (χ3n) is 10.3. The number of pyridine rings is 2. The number of aromatic amines is 2. The quantitative estimate of drug-likeness (QED) is 0.129. The Bertz CT molecular complexity index is 2360. The van der Waals surface area contributed by atoms with Gasteiger partial charge < -0.3 is 9.97 Å². The number of unbranched alkanes of at least 4 members (excludes halogenated alkanes) is 4. The van der Waals surface area contributed by atoms with Gasteiger partial charge in [0.15, 0.2) is 0 Å². The van der Waals surface area contributed by atoms with E-state index in [2.05, 4.69) is 60.6 Å². The third kappa shape index (κ3) is 4.05. The van der Waals surface area contributed by atoms with Crippen molar-refractivity contribution in [3.8, 4) is 0 Å². The zero-order valence-electron chi connectivity index (χ0n) is 27.3. The highest BCUT2D eigenvalue weighted by Crippen LogP contribution is 2.46. The Morgan fingerprint density at radius 1 is 0.522 bits per heavy atom. The minimum absolute atomic E-state index is 0.0543. The predicted molar refractivity (Wildman–Crippen MR) is 199 cm³/mol. The molecule has 0 unspecified atom stereocenters. The molecule has 0 saturated heterocycles. The van der Waals surface area contributed by atoms with Crippen molar-refractivity contribution in [1.29, 1.82) is 0 Å². The van der Waals surface area contributed by atoms with Crippen LogP contribution in [0.2, 0.25) is 0 Å². The average molecular weight is 651 g/mol. The van der Waals surface area contributed by atoms with Gasteiger partial charge in [-0.1, -0.05) is 53.4 Å². The highest BCUT2D eigenvalue weighted by molar-refractivity contribution is 7.17. The largest absolute Gasteiger partial charge is 0.338 e. The van der Waals surface area contributed by atoms with Gasteiger partial charge in [-0.25, -0.2) is 0 Å². The standard InChI is InChI=1S/C38H42N4O2S2/c1-5-9-13-21-22(14-10-6-2)28-32-30(36(44)42-34(28)40-26-18-20-46-38(26)42)24(16-12-8-4)23(15-11-7-3)29-31(32)27(21)33-39-25-17-19-45-37(25)41(33)35(29)43/h17-20,39-40H,5-16H2,1-4H3. The lowest BCUT2D eigenvalue weighted by atomic mass is 9.80. The molecule has 0 aliphatic heterocycles. The molecule has 0 atom stereocenters. The molecule has 238 valence electrons. The zero-order chi connectivity index (χ0) is 31.7. The number of aryl methyl sites for hydroxylation is 4. The van der Waals surface area contributed by atoms with Crippen LogP contribution in [0, 0.1) is 0 Å². The van der Waals surface area contributed by atoms with Crippen LogP contribution in [0.5, 0.6) is 0 Å². The number of imidazole rings is 2. The van der Waals surface area contributed by atoms with Crippen molar-refractivity contribution in [2.75, 3.05) is 0 Å². The van der Waals surface area contributed by atoms with Crippen LogP contribution in [-0.4, -0.2) is 18.8 Å². The number of benzene rings is 2. The number of H-pyrrole nitrogens is 2. The van der Waals surface area contributed by atoms with Gasteiger partial charge in [0.05, 0.1) is 21.8 Å². The van der Waals surface area contributed by atoms with E-state index in [-0.39, 0.29) is 11.1 Å². The number of thiophene rings is 2. The van der Waals surface area contributed by atoms with Crippen molar-refractivity contribution in [2.45, 2.75) is 105 Å². The Morgan fingerprint density at radius 2 is 0.870 bits per heavy atom. The molecule has 0 spiro atoms. The lowest BCUT2D eigenvalue weighted by Crippen LogP contribution is -2.22. The molecule has 8 heteroatoms. The summed E-state index contributed by atoms with van der Waals surface area (Å²) in [6, 6.07) is 4.19. The molecule has 8 rings (SSSR count). The molecule has 0 saturated carbocycles. The first-order valence-corrected chi connectivity index (χ1v) is 19.1. The van der Waals surface area contributed by atoms with E-state index in [9.17, 15) is 0 Å². The van der Waals surface area contributed by atoms with Crippen LogP contribution in [-0.2, 0) is 25.7 Å². The van der Waals surface area contributed by atoms with Crippen molar-refractivity contribution in [1.82, 2.24) is 18.8 Å². The molecule has 6 nitrogen and oxygen atoms in total. The van der Waals surface area contributed by atoms with Gasteiger partial charge in [0.25, 0.3) is 11.1 Å². The molecule has 0 radical (unpaired) electrons. The number of nitrogens with one attached hydrogen (secondary N) is 2. The van der Waals surface area contributed by atoms with Crippen molar-refractivity contribution in [3.63, 3.8) is 0 Å². The van der Waals surface area contributed by atoms with Crippen molar-refractivity contribution in [3.05, 3.63) is 65.9 Å². The number of rotatable bonds is 12. The van der Waals surface area contributed by atoms with Crippen molar-refractivity contribution < 1.29 is 0 Å². The van der Waals surface area contributed by atoms with E-state index in [1.165, 1.54) is 11.1 Å². The van der Waals surface area contributed by atoms with Crippen LogP contribution >= 0.6 is 22.7 Å². The van der Waals surface area contributed by atoms with Gasteiger partial charge in [-0.3, -0.25) is 18.4 Å². The van der Waals surface area contributed by atoms with Gasteiger partial charge in [-0.05, 0) is 96.5 Å². The molecule has 46 heavy (non-hydrogen) atoms. The van der Waals surface area contributed by atoms with Gasteiger partial charge >= 0.3 is 0 Å². The van der Waals surface area contributed by atoms with E-state index in [0.717, 1.165) is 152 Å². The second kappa shape index (κ2) is 11.6. The Balaban J connectivity index is 1.76. The second-order valence-electron chi connectivity index (χ2n) is 13.1. The monoisotopic (exact) mass is 650 g/mol. The fourth-order valence-electron chi connectivity index (χ4n) is 8.14. The normalized spacial score (nSPS) is 12.7.